The van der Waals surface area contributed by atoms with Gasteiger partial charge in [-0.3, -0.25) is 9.59 Å². The third-order valence-electron chi connectivity index (χ3n) is 5.26. The molecule has 0 radical (unpaired) electrons. The average molecular weight is 562 g/mol. The molecule has 0 aliphatic heterocycles. The van der Waals surface area contributed by atoms with E-state index in [1.165, 1.54) is 18.5 Å². The van der Waals surface area contributed by atoms with E-state index in [2.05, 4.69) is 22.0 Å². The van der Waals surface area contributed by atoms with E-state index in [9.17, 15) is 27.2 Å². The summed E-state index contributed by atoms with van der Waals surface area (Å²) in [6.45, 7) is 2.93. The minimum atomic E-state index is -4.74. The van der Waals surface area contributed by atoms with E-state index in [0.29, 0.717) is 17.6 Å². The van der Waals surface area contributed by atoms with Crippen LogP contribution in [0.5, 0.6) is 5.75 Å². The summed E-state index contributed by atoms with van der Waals surface area (Å²) in [6.07, 6.45) is 6.43. The van der Waals surface area contributed by atoms with Crippen LogP contribution in [0.25, 0.3) is 17.5 Å². The number of aldehydes is 1. The molecule has 0 saturated heterocycles. The smallest absolute Gasteiger partial charge is 0.423 e. The largest absolute Gasteiger partial charge is 0.476 e. The van der Waals surface area contributed by atoms with Gasteiger partial charge in [0.2, 0.25) is 0 Å². The Bertz CT molecular complexity index is 1400. The Morgan fingerprint density at radius 1 is 1.18 bits per heavy atom. The summed E-state index contributed by atoms with van der Waals surface area (Å²) >= 11 is 0. The predicted octanol–water partition coefficient (Wildman–Crippen LogP) is 4.46. The zero-order chi connectivity index (χ0) is 29.7. The number of ether oxygens (including phenoxy) is 1. The van der Waals surface area contributed by atoms with Crippen LogP contribution in [0, 0.1) is 17.1 Å². The molecule has 0 fully saturated rings. The quantitative estimate of drug-likeness (QED) is 0.208. The van der Waals surface area contributed by atoms with Crippen LogP contribution in [0.15, 0.2) is 41.7 Å². The van der Waals surface area contributed by atoms with E-state index in [1.807, 2.05) is 24.2 Å². The second-order valence-corrected chi connectivity index (χ2v) is 8.30. The number of nitrogens with two attached hydrogens (primary N) is 1. The highest BCUT2D eigenvalue weighted by Crippen LogP contribution is 2.29. The van der Waals surface area contributed by atoms with Crippen molar-refractivity contribution in [3.05, 3.63) is 69.8 Å². The second-order valence-electron chi connectivity index (χ2n) is 8.30. The fraction of sp³-hybridized carbons (Fsp3) is 0.308. The van der Waals surface area contributed by atoms with E-state index in [1.54, 1.807) is 17.2 Å². The third kappa shape index (κ3) is 9.19. The third-order valence-corrected chi connectivity index (χ3v) is 5.26. The first kappa shape index (κ1) is 31.4. The molecule has 0 bridgehead atoms. The number of hydrogen-bond acceptors (Lipinski definition) is 9. The van der Waals surface area contributed by atoms with E-state index < -0.39 is 28.8 Å². The Balaban J connectivity index is 0.000000389. The fourth-order valence-corrected chi connectivity index (χ4v) is 3.27. The van der Waals surface area contributed by atoms with Crippen molar-refractivity contribution in [3.63, 3.8) is 0 Å². The first-order chi connectivity index (χ1) is 19.0. The molecule has 0 atom stereocenters. The van der Waals surface area contributed by atoms with Crippen LogP contribution < -0.4 is 16.0 Å². The number of alkyl halides is 3. The lowest BCUT2D eigenvalue weighted by molar-refractivity contribution is -0.138. The van der Waals surface area contributed by atoms with Crippen molar-refractivity contribution < 1.29 is 27.1 Å². The predicted molar refractivity (Wildman–Crippen MR) is 139 cm³/mol. The summed E-state index contributed by atoms with van der Waals surface area (Å²) < 4.78 is 55.5. The van der Waals surface area contributed by atoms with Crippen molar-refractivity contribution in [2.24, 2.45) is 0 Å². The van der Waals surface area contributed by atoms with Crippen molar-refractivity contribution in [3.8, 4) is 23.2 Å². The number of benzene rings is 1. The molecule has 3 rings (SSSR count). The van der Waals surface area contributed by atoms with Crippen LogP contribution >= 0.6 is 0 Å². The average Bonchev–Trinajstić information content (AvgIpc) is 2.91. The van der Waals surface area contributed by atoms with Crippen LogP contribution in [0.4, 0.5) is 23.2 Å². The van der Waals surface area contributed by atoms with Gasteiger partial charge in [-0.05, 0) is 36.4 Å². The molecule has 1 aromatic carbocycles. The molecule has 0 amide bonds. The summed E-state index contributed by atoms with van der Waals surface area (Å²) in [5, 5.41) is 13.3. The molecule has 0 spiro atoms. The summed E-state index contributed by atoms with van der Waals surface area (Å²) in [6, 6.07) is 4.59. The molecule has 2 aromatic heterocycles. The Hall–Kier alpha value is -4.80. The van der Waals surface area contributed by atoms with Gasteiger partial charge in [0.15, 0.2) is 24.5 Å². The number of nitrogen functional groups attached to an aromatic ring is 1. The highest BCUT2D eigenvalue weighted by atomic mass is 19.4. The van der Waals surface area contributed by atoms with Crippen molar-refractivity contribution in [1.82, 2.24) is 25.1 Å². The first-order valence-corrected chi connectivity index (χ1v) is 11.9. The van der Waals surface area contributed by atoms with Crippen molar-refractivity contribution in [2.75, 3.05) is 25.9 Å². The monoisotopic (exact) mass is 561 g/mol. The van der Waals surface area contributed by atoms with Gasteiger partial charge in [0.25, 0.3) is 5.56 Å². The lowest BCUT2D eigenvalue weighted by Crippen LogP contribution is -2.24. The second kappa shape index (κ2) is 15.0. The lowest BCUT2D eigenvalue weighted by atomic mass is 10.0. The van der Waals surface area contributed by atoms with Gasteiger partial charge < -0.3 is 15.4 Å². The number of anilines is 1. The lowest BCUT2D eigenvalue weighted by Gasteiger charge is -2.13. The summed E-state index contributed by atoms with van der Waals surface area (Å²) in [4.78, 5) is 32.1. The number of aromatic amines is 1. The Kier molecular flexibility index (Phi) is 11.7. The van der Waals surface area contributed by atoms with Gasteiger partial charge in [-0.25, -0.2) is 19.5 Å². The first-order valence-electron chi connectivity index (χ1n) is 11.9. The number of H-pyrrole nitrogens is 1. The van der Waals surface area contributed by atoms with Crippen LogP contribution in [-0.4, -0.2) is 51.6 Å². The van der Waals surface area contributed by atoms with Crippen molar-refractivity contribution >= 4 is 18.0 Å². The summed E-state index contributed by atoms with van der Waals surface area (Å²) in [7, 11) is 1.96. The normalized spacial score (nSPS) is 10.9. The molecule has 2 heterocycles. The van der Waals surface area contributed by atoms with Crippen LogP contribution in [-0.2, 0) is 6.18 Å². The molecule has 40 heavy (non-hydrogen) atoms. The van der Waals surface area contributed by atoms with Gasteiger partial charge in [0.05, 0.1) is 29.8 Å². The van der Waals surface area contributed by atoms with Gasteiger partial charge >= 0.3 is 6.18 Å². The molecule has 0 aliphatic carbocycles. The number of nitriles is 1. The zero-order valence-electron chi connectivity index (χ0n) is 21.7. The zero-order valence-corrected chi connectivity index (χ0v) is 21.7. The maximum absolute atomic E-state index is 14.5. The van der Waals surface area contributed by atoms with Crippen LogP contribution in [0.2, 0.25) is 0 Å². The maximum Gasteiger partial charge on any atom is 0.423 e. The number of nitrogens with zero attached hydrogens (tertiary/aromatic N) is 5. The minimum Gasteiger partial charge on any atom is -0.476 e. The van der Waals surface area contributed by atoms with Gasteiger partial charge in [-0.15, -0.1) is 0 Å². The van der Waals surface area contributed by atoms with Crippen molar-refractivity contribution in [2.45, 2.75) is 32.4 Å². The number of halogens is 4. The van der Waals surface area contributed by atoms with Gasteiger partial charge in [0, 0.05) is 19.2 Å². The highest BCUT2D eigenvalue weighted by Gasteiger charge is 2.36. The molecule has 3 aromatic rings. The molecule has 0 unspecified atom stereocenters. The number of rotatable bonds is 10. The summed E-state index contributed by atoms with van der Waals surface area (Å²) in [5.74, 6) is -0.0875. The van der Waals surface area contributed by atoms with Gasteiger partial charge in [-0.1, -0.05) is 19.8 Å². The molecule has 10 nitrogen and oxygen atoms in total. The fourth-order valence-electron chi connectivity index (χ4n) is 3.27. The molecule has 0 saturated carbocycles. The molecular formula is C26H27F4N7O3. The number of hydrogen-bond donors (Lipinski definition) is 2. The van der Waals surface area contributed by atoms with E-state index in [0.717, 1.165) is 32.0 Å². The maximum atomic E-state index is 14.5. The molecule has 0 aliphatic rings. The molecule has 14 heteroatoms. The van der Waals surface area contributed by atoms with E-state index in [4.69, 9.17) is 15.7 Å². The van der Waals surface area contributed by atoms with Gasteiger partial charge in [0.1, 0.15) is 17.4 Å². The summed E-state index contributed by atoms with van der Waals surface area (Å²) in [5.41, 5.74) is 2.52. The van der Waals surface area contributed by atoms with Crippen molar-refractivity contribution in [1.29, 1.82) is 5.26 Å². The number of carbonyl (C=O) groups is 1. The number of carbonyl (C=O) groups excluding carboxylic acids is 1. The SMILES string of the molecule is CCCCCN(C)/C=C\c1cc(-c2ncc(OCC#N)cn2)c(F)cc1C=O.Nc1cn[nH]c(=O)c1C(F)(F)F. The Labute approximate surface area is 227 Å². The molecule has 3 N–H and O–H groups in total. The van der Waals surface area contributed by atoms with Gasteiger partial charge in [-0.2, -0.15) is 23.5 Å². The van der Waals surface area contributed by atoms with E-state index in [-0.39, 0.29) is 23.6 Å². The molecule has 212 valence electrons. The topological polar surface area (TPSA) is 151 Å². The number of unbranched alkanes of at least 4 members (excludes halogenated alkanes) is 2. The van der Waals surface area contributed by atoms with Crippen LogP contribution in [0.1, 0.15) is 47.7 Å². The highest BCUT2D eigenvalue weighted by molar-refractivity contribution is 5.84. The van der Waals surface area contributed by atoms with E-state index >= 15 is 0 Å². The number of aromatic nitrogens is 4. The Morgan fingerprint density at radius 2 is 1.88 bits per heavy atom. The van der Waals surface area contributed by atoms with Crippen LogP contribution in [0.3, 0.4) is 0 Å². The molecular weight excluding hydrogens is 534 g/mol. The standard InChI is InChI=1S/C21H23FN4O2.C5H4F3N3O/c1-3-4-5-8-26(2)9-6-16-11-19(20(22)12-17(16)15-27)21-24-13-18(14-25-21)28-10-7-23;6-5(7,8)3-2(9)1-10-11-4(3)12/h6,9,11-15H,3-5,8,10H2,1-2H3;1H,(H3,9,11,12)/b9-6-;. The minimum absolute atomic E-state index is 0.119. The number of nitrogens with one attached hydrogen (secondary N) is 1. The Morgan fingerprint density at radius 3 is 2.42 bits per heavy atom.